The minimum atomic E-state index is -1.27. The number of hydrogen-bond donors (Lipinski definition) is 1. The number of nitrogens with two attached hydrogens (primary N) is 1. The molecule has 0 aliphatic carbocycles. The molecule has 0 amide bonds. The van der Waals surface area contributed by atoms with Crippen molar-refractivity contribution in [3.63, 3.8) is 0 Å². The number of aromatic nitrogens is 1. The minimum Gasteiger partial charge on any atom is -0.495 e. The van der Waals surface area contributed by atoms with E-state index in [-0.39, 0.29) is 0 Å². The molecule has 0 saturated carbocycles. The zero-order chi connectivity index (χ0) is 14.5. The maximum atomic E-state index is 12.5. The molecule has 1 atom stereocenters. The maximum Gasteiger partial charge on any atom is 0.217 e. The van der Waals surface area contributed by atoms with Crippen molar-refractivity contribution in [3.05, 3.63) is 42.1 Å². The summed E-state index contributed by atoms with van der Waals surface area (Å²) in [7, 11) is 1.80. The molecule has 1 unspecified atom stereocenters. The van der Waals surface area contributed by atoms with Gasteiger partial charge in [0.15, 0.2) is 0 Å². The van der Waals surface area contributed by atoms with Crippen molar-refractivity contribution < 1.29 is 13.7 Å². The molecule has 1 heterocycles. The van der Waals surface area contributed by atoms with E-state index in [9.17, 15) is 4.21 Å². The Kier molecular flexibility index (Phi) is 4.57. The van der Waals surface area contributed by atoms with Crippen LogP contribution in [0.4, 0.5) is 5.69 Å². The summed E-state index contributed by atoms with van der Waals surface area (Å²) in [4.78, 5) is 4.70. The summed E-state index contributed by atoms with van der Waals surface area (Å²) in [6.07, 6.45) is 1.63. The lowest BCUT2D eigenvalue weighted by Crippen LogP contribution is -2.02. The van der Waals surface area contributed by atoms with Gasteiger partial charge in [-0.1, -0.05) is 6.07 Å². The fraction of sp³-hybridized carbons (Fsp3) is 0.214. The van der Waals surface area contributed by atoms with E-state index in [0.717, 1.165) is 5.56 Å². The molecule has 2 N–H and O–H groups in total. The Morgan fingerprint density at radius 3 is 2.75 bits per heavy atom. The van der Waals surface area contributed by atoms with Crippen LogP contribution in [0.15, 0.2) is 41.4 Å². The molecule has 5 nitrogen and oxygen atoms in total. The molecule has 1 aromatic carbocycles. The van der Waals surface area contributed by atoms with Gasteiger partial charge in [-0.15, -0.1) is 0 Å². The number of hydrogen-bond acceptors (Lipinski definition) is 5. The Morgan fingerprint density at radius 1 is 1.25 bits per heavy atom. The molecule has 2 aromatic rings. The summed E-state index contributed by atoms with van der Waals surface area (Å²) < 4.78 is 22.9. The summed E-state index contributed by atoms with van der Waals surface area (Å²) >= 11 is 0. The third-order valence-electron chi connectivity index (χ3n) is 2.76. The van der Waals surface area contributed by atoms with E-state index in [1.54, 1.807) is 37.6 Å². The van der Waals surface area contributed by atoms with E-state index in [0.29, 0.717) is 28.0 Å². The summed E-state index contributed by atoms with van der Waals surface area (Å²) in [5.74, 6) is 1.30. The van der Waals surface area contributed by atoms with Crippen LogP contribution < -0.4 is 15.2 Å². The Morgan fingerprint density at radius 2 is 2.05 bits per heavy atom. The van der Waals surface area contributed by atoms with Crippen LogP contribution >= 0.6 is 0 Å². The molecule has 0 fully saturated rings. The zero-order valence-electron chi connectivity index (χ0n) is 11.3. The lowest BCUT2D eigenvalue weighted by atomic mass is 10.3. The number of rotatable bonds is 5. The monoisotopic (exact) mass is 292 g/mol. The van der Waals surface area contributed by atoms with Crippen LogP contribution in [-0.4, -0.2) is 23.4 Å². The number of methoxy groups -OCH3 is 2. The Hall–Kier alpha value is -2.08. The number of ether oxygens (including phenoxy) is 2. The Bertz CT molecular complexity index is 632. The van der Waals surface area contributed by atoms with Gasteiger partial charge in [0.1, 0.15) is 5.75 Å². The van der Waals surface area contributed by atoms with Crippen molar-refractivity contribution in [3.8, 4) is 11.6 Å². The molecule has 0 aliphatic heterocycles. The highest BCUT2D eigenvalue weighted by Gasteiger charge is 2.14. The number of nitrogens with zero attached hydrogens (tertiary/aromatic N) is 1. The van der Waals surface area contributed by atoms with Crippen LogP contribution in [0, 0.1) is 0 Å². The second kappa shape index (κ2) is 6.38. The molecule has 0 bridgehead atoms. The fourth-order valence-electron chi connectivity index (χ4n) is 1.81. The van der Waals surface area contributed by atoms with Gasteiger partial charge in [0.05, 0.1) is 35.7 Å². The van der Waals surface area contributed by atoms with Gasteiger partial charge >= 0.3 is 0 Å². The number of nitrogen functional groups attached to an aromatic ring is 1. The van der Waals surface area contributed by atoms with Gasteiger partial charge in [-0.2, -0.15) is 0 Å². The van der Waals surface area contributed by atoms with Gasteiger partial charge < -0.3 is 15.2 Å². The Labute approximate surface area is 120 Å². The quantitative estimate of drug-likeness (QED) is 0.853. The normalized spacial score (nSPS) is 11.9. The molecular weight excluding hydrogens is 276 g/mol. The van der Waals surface area contributed by atoms with E-state index in [4.69, 9.17) is 15.2 Å². The standard InChI is InChI=1S/C14H16N2O3S/c1-18-12-8-11(15)5-6-13(12)20(17)9-10-4-3-7-16-14(10)19-2/h3-8H,9,15H2,1-2H3. The molecule has 106 valence electrons. The second-order valence-electron chi connectivity index (χ2n) is 4.07. The predicted molar refractivity (Wildman–Crippen MR) is 78.3 cm³/mol. The van der Waals surface area contributed by atoms with Crippen LogP contribution in [0.25, 0.3) is 0 Å². The molecule has 0 radical (unpaired) electrons. The fourth-order valence-corrected chi connectivity index (χ4v) is 3.05. The van der Waals surface area contributed by atoms with Gasteiger partial charge in [-0.05, 0) is 18.2 Å². The lowest BCUT2D eigenvalue weighted by Gasteiger charge is -2.10. The summed E-state index contributed by atoms with van der Waals surface area (Å²) in [6.45, 7) is 0. The first-order valence-corrected chi connectivity index (χ1v) is 7.27. The largest absolute Gasteiger partial charge is 0.495 e. The lowest BCUT2D eigenvalue weighted by molar-refractivity contribution is 0.394. The van der Waals surface area contributed by atoms with Crippen LogP contribution in [0.5, 0.6) is 11.6 Å². The highest BCUT2D eigenvalue weighted by atomic mass is 32.2. The van der Waals surface area contributed by atoms with Crippen LogP contribution in [0.1, 0.15) is 5.56 Å². The Balaban J connectivity index is 2.28. The molecule has 0 saturated heterocycles. The topological polar surface area (TPSA) is 74.4 Å². The highest BCUT2D eigenvalue weighted by molar-refractivity contribution is 7.84. The molecular formula is C14H16N2O3S. The van der Waals surface area contributed by atoms with E-state index >= 15 is 0 Å². The van der Waals surface area contributed by atoms with Crippen molar-refractivity contribution in [2.45, 2.75) is 10.6 Å². The third-order valence-corrected chi connectivity index (χ3v) is 4.16. The van der Waals surface area contributed by atoms with Gasteiger partial charge in [-0.25, -0.2) is 4.98 Å². The first kappa shape index (κ1) is 14.3. The first-order chi connectivity index (χ1) is 9.65. The molecule has 6 heteroatoms. The molecule has 1 aromatic heterocycles. The summed E-state index contributed by atoms with van der Waals surface area (Å²) in [5.41, 5.74) is 7.05. The van der Waals surface area contributed by atoms with E-state index < -0.39 is 10.8 Å². The van der Waals surface area contributed by atoms with Gasteiger partial charge in [-0.3, -0.25) is 4.21 Å². The van der Waals surface area contributed by atoms with Gasteiger partial charge in [0, 0.05) is 23.5 Å². The van der Waals surface area contributed by atoms with Crippen molar-refractivity contribution >= 4 is 16.5 Å². The highest BCUT2D eigenvalue weighted by Crippen LogP contribution is 2.27. The van der Waals surface area contributed by atoms with Crippen LogP contribution in [-0.2, 0) is 16.6 Å². The number of anilines is 1. The van der Waals surface area contributed by atoms with Crippen LogP contribution in [0.2, 0.25) is 0 Å². The smallest absolute Gasteiger partial charge is 0.217 e. The van der Waals surface area contributed by atoms with Crippen molar-refractivity contribution in [2.75, 3.05) is 20.0 Å². The SMILES string of the molecule is COc1cc(N)ccc1S(=O)Cc1cccnc1OC. The first-order valence-electron chi connectivity index (χ1n) is 5.95. The number of benzene rings is 1. The van der Waals surface area contributed by atoms with E-state index in [1.807, 2.05) is 6.07 Å². The summed E-state index contributed by atoms with van der Waals surface area (Å²) in [6, 6.07) is 8.71. The third kappa shape index (κ3) is 3.08. The number of pyridine rings is 1. The van der Waals surface area contributed by atoms with E-state index in [1.165, 1.54) is 7.11 Å². The zero-order valence-corrected chi connectivity index (χ0v) is 12.1. The average Bonchev–Trinajstić information content (AvgIpc) is 2.47. The molecule has 0 aliphatic rings. The molecule has 0 spiro atoms. The molecule has 2 rings (SSSR count). The minimum absolute atomic E-state index is 0.303. The average molecular weight is 292 g/mol. The van der Waals surface area contributed by atoms with Crippen molar-refractivity contribution in [1.29, 1.82) is 0 Å². The maximum absolute atomic E-state index is 12.5. The second-order valence-corrected chi connectivity index (χ2v) is 5.49. The van der Waals surface area contributed by atoms with E-state index in [2.05, 4.69) is 4.98 Å². The molecule has 20 heavy (non-hydrogen) atoms. The van der Waals surface area contributed by atoms with Crippen molar-refractivity contribution in [2.24, 2.45) is 0 Å². The van der Waals surface area contributed by atoms with Gasteiger partial charge in [0.25, 0.3) is 0 Å². The van der Waals surface area contributed by atoms with Crippen molar-refractivity contribution in [1.82, 2.24) is 4.98 Å². The predicted octanol–water partition coefficient (Wildman–Crippen LogP) is 1.99. The summed E-state index contributed by atoms with van der Waals surface area (Å²) in [5, 5.41) is 0. The van der Waals surface area contributed by atoms with Gasteiger partial charge in [0.2, 0.25) is 5.88 Å². The van der Waals surface area contributed by atoms with Crippen LogP contribution in [0.3, 0.4) is 0 Å².